The van der Waals surface area contributed by atoms with Gasteiger partial charge in [0.25, 0.3) is 11.8 Å². The number of halogens is 1. The first kappa shape index (κ1) is 19.8. The number of hydrogen-bond donors (Lipinski definition) is 1. The summed E-state index contributed by atoms with van der Waals surface area (Å²) in [5.74, 6) is 0.296. The van der Waals surface area contributed by atoms with E-state index in [2.05, 4.69) is 5.32 Å². The molecular formula is C21H21ClN2O4. The molecule has 2 aromatic rings. The normalized spacial score (nSPS) is 14.0. The molecule has 0 bridgehead atoms. The summed E-state index contributed by atoms with van der Waals surface area (Å²) in [6.07, 6.45) is 0. The van der Waals surface area contributed by atoms with E-state index in [9.17, 15) is 9.59 Å². The summed E-state index contributed by atoms with van der Waals surface area (Å²) in [4.78, 5) is 27.1. The van der Waals surface area contributed by atoms with Crippen LogP contribution in [-0.2, 0) is 9.59 Å². The summed E-state index contributed by atoms with van der Waals surface area (Å²) < 4.78 is 10.6. The summed E-state index contributed by atoms with van der Waals surface area (Å²) >= 11 is 6.02. The van der Waals surface area contributed by atoms with E-state index < -0.39 is 0 Å². The van der Waals surface area contributed by atoms with Crippen molar-refractivity contribution in [2.45, 2.75) is 13.8 Å². The number of rotatable bonds is 6. The Morgan fingerprint density at radius 2 is 1.71 bits per heavy atom. The number of benzene rings is 2. The molecule has 0 spiro atoms. The Morgan fingerprint density at radius 1 is 1.00 bits per heavy atom. The number of carbonyl (C=O) groups is 2. The van der Waals surface area contributed by atoms with Crippen molar-refractivity contribution in [3.8, 4) is 11.5 Å². The lowest BCUT2D eigenvalue weighted by molar-refractivity contribution is -0.136. The van der Waals surface area contributed by atoms with Gasteiger partial charge >= 0.3 is 0 Å². The minimum Gasteiger partial charge on any atom is -0.493 e. The Bertz CT molecular complexity index is 984. The highest BCUT2D eigenvalue weighted by atomic mass is 35.5. The molecule has 0 radical (unpaired) electrons. The number of nitrogens with one attached hydrogen (secondary N) is 1. The number of likely N-dealkylation sites (N-methyl/N-ethyl adjacent to an activating group) is 1. The third-order valence-electron chi connectivity index (χ3n) is 4.60. The van der Waals surface area contributed by atoms with Gasteiger partial charge in [0, 0.05) is 17.3 Å². The van der Waals surface area contributed by atoms with E-state index in [1.807, 2.05) is 6.92 Å². The molecule has 6 nitrogen and oxygen atoms in total. The maximum absolute atomic E-state index is 13.0. The molecule has 1 aliphatic heterocycles. The van der Waals surface area contributed by atoms with Crippen molar-refractivity contribution in [2.24, 2.45) is 0 Å². The van der Waals surface area contributed by atoms with Crippen LogP contribution in [0, 0.1) is 6.92 Å². The van der Waals surface area contributed by atoms with Gasteiger partial charge in [-0.2, -0.15) is 0 Å². The quantitative estimate of drug-likeness (QED) is 0.745. The van der Waals surface area contributed by atoms with Gasteiger partial charge in [-0.1, -0.05) is 17.7 Å². The van der Waals surface area contributed by atoms with Crippen LogP contribution in [0.2, 0.25) is 5.02 Å². The van der Waals surface area contributed by atoms with Gasteiger partial charge in [0.2, 0.25) is 0 Å². The minimum atomic E-state index is -0.369. The molecule has 28 heavy (non-hydrogen) atoms. The van der Waals surface area contributed by atoms with Crippen LogP contribution in [-0.4, -0.2) is 37.5 Å². The van der Waals surface area contributed by atoms with Crippen LogP contribution in [0.4, 0.5) is 5.69 Å². The Labute approximate surface area is 168 Å². The number of methoxy groups -OCH3 is 2. The zero-order valence-electron chi connectivity index (χ0n) is 16.1. The molecule has 0 saturated carbocycles. The lowest BCUT2D eigenvalue weighted by atomic mass is 10.0. The van der Waals surface area contributed by atoms with Crippen molar-refractivity contribution in [1.29, 1.82) is 0 Å². The van der Waals surface area contributed by atoms with Crippen molar-refractivity contribution >= 4 is 34.7 Å². The third kappa shape index (κ3) is 3.43. The molecular weight excluding hydrogens is 380 g/mol. The molecule has 0 saturated heterocycles. The Morgan fingerprint density at radius 3 is 2.32 bits per heavy atom. The largest absolute Gasteiger partial charge is 0.493 e. The predicted molar refractivity (Wildman–Crippen MR) is 109 cm³/mol. The molecule has 0 unspecified atom stereocenters. The first-order valence-electron chi connectivity index (χ1n) is 8.77. The topological polar surface area (TPSA) is 67.9 Å². The number of imide groups is 1. The Kier molecular flexibility index (Phi) is 5.61. The van der Waals surface area contributed by atoms with Crippen molar-refractivity contribution < 1.29 is 19.1 Å². The van der Waals surface area contributed by atoms with Crippen LogP contribution >= 0.6 is 11.6 Å². The van der Waals surface area contributed by atoms with Crippen LogP contribution < -0.4 is 14.8 Å². The van der Waals surface area contributed by atoms with E-state index in [0.717, 1.165) is 5.56 Å². The summed E-state index contributed by atoms with van der Waals surface area (Å²) in [5.41, 5.74) is 2.66. The smallest absolute Gasteiger partial charge is 0.278 e. The highest BCUT2D eigenvalue weighted by molar-refractivity contribution is 6.36. The van der Waals surface area contributed by atoms with Gasteiger partial charge in [-0.05, 0) is 55.3 Å². The zero-order valence-corrected chi connectivity index (χ0v) is 16.9. The van der Waals surface area contributed by atoms with Crippen LogP contribution in [0.15, 0.2) is 42.1 Å². The molecule has 1 N–H and O–H groups in total. The molecule has 1 heterocycles. The maximum atomic E-state index is 13.0. The first-order valence-corrected chi connectivity index (χ1v) is 9.15. The average Bonchev–Trinajstić information content (AvgIpc) is 2.92. The summed E-state index contributed by atoms with van der Waals surface area (Å²) in [7, 11) is 3.06. The fraction of sp³-hybridized carbons (Fsp3) is 0.238. The van der Waals surface area contributed by atoms with Gasteiger partial charge in [-0.15, -0.1) is 0 Å². The molecule has 0 atom stereocenters. The number of aryl methyl sites for hydroxylation is 1. The molecule has 0 fully saturated rings. The molecule has 7 heteroatoms. The standard InChI is InChI=1S/C21H21ClN2O4/c1-5-24-20(25)18(13-6-9-16(27-3)17(11-13)28-4)19(21(24)26)23-15-8-7-14(22)10-12(15)2/h6-11,23H,5H2,1-4H3. The lowest BCUT2D eigenvalue weighted by Crippen LogP contribution is -2.32. The molecule has 2 amide bonds. The second-order valence-electron chi connectivity index (χ2n) is 6.26. The molecule has 3 rings (SSSR count). The number of hydrogen-bond acceptors (Lipinski definition) is 5. The van der Waals surface area contributed by atoms with Crippen LogP contribution in [0.3, 0.4) is 0 Å². The van der Waals surface area contributed by atoms with Crippen molar-refractivity contribution in [2.75, 3.05) is 26.1 Å². The Balaban J connectivity index is 2.14. The monoisotopic (exact) mass is 400 g/mol. The van der Waals surface area contributed by atoms with Gasteiger partial charge < -0.3 is 14.8 Å². The lowest BCUT2D eigenvalue weighted by Gasteiger charge is -2.13. The molecule has 0 aliphatic carbocycles. The first-order chi connectivity index (χ1) is 13.4. The maximum Gasteiger partial charge on any atom is 0.278 e. The molecule has 0 aromatic heterocycles. The molecule has 146 valence electrons. The number of ether oxygens (including phenoxy) is 2. The summed E-state index contributed by atoms with van der Waals surface area (Å²) in [5, 5.41) is 3.73. The molecule has 2 aromatic carbocycles. The molecule has 1 aliphatic rings. The fourth-order valence-corrected chi connectivity index (χ4v) is 3.37. The van der Waals surface area contributed by atoms with E-state index in [1.165, 1.54) is 19.1 Å². The highest BCUT2D eigenvalue weighted by Gasteiger charge is 2.38. The number of nitrogens with zero attached hydrogens (tertiary/aromatic N) is 1. The van der Waals surface area contributed by atoms with E-state index in [-0.39, 0.29) is 24.1 Å². The van der Waals surface area contributed by atoms with E-state index in [1.54, 1.807) is 43.3 Å². The van der Waals surface area contributed by atoms with Crippen molar-refractivity contribution in [3.05, 3.63) is 58.2 Å². The second kappa shape index (κ2) is 7.94. The number of anilines is 1. The van der Waals surface area contributed by atoms with E-state index in [4.69, 9.17) is 21.1 Å². The second-order valence-corrected chi connectivity index (χ2v) is 6.70. The van der Waals surface area contributed by atoms with Gasteiger partial charge in [0.05, 0.1) is 19.8 Å². The predicted octanol–water partition coefficient (Wildman–Crippen LogP) is 3.88. The average molecular weight is 401 g/mol. The highest BCUT2D eigenvalue weighted by Crippen LogP contribution is 2.36. The van der Waals surface area contributed by atoms with E-state index >= 15 is 0 Å². The minimum absolute atomic E-state index is 0.226. The van der Waals surface area contributed by atoms with Gasteiger partial charge in [0.15, 0.2) is 11.5 Å². The number of carbonyl (C=O) groups excluding carboxylic acids is 2. The van der Waals surface area contributed by atoms with Crippen LogP contribution in [0.25, 0.3) is 5.57 Å². The Hall–Kier alpha value is -2.99. The summed E-state index contributed by atoms with van der Waals surface area (Å²) in [6.45, 7) is 3.92. The van der Waals surface area contributed by atoms with Crippen molar-refractivity contribution in [3.63, 3.8) is 0 Å². The number of amides is 2. The summed E-state index contributed by atoms with van der Waals surface area (Å²) in [6, 6.07) is 10.4. The van der Waals surface area contributed by atoms with Crippen LogP contribution in [0.1, 0.15) is 18.1 Å². The zero-order chi connectivity index (χ0) is 20.4. The third-order valence-corrected chi connectivity index (χ3v) is 4.84. The van der Waals surface area contributed by atoms with Gasteiger partial charge in [-0.25, -0.2) is 0 Å². The van der Waals surface area contributed by atoms with Crippen molar-refractivity contribution in [1.82, 2.24) is 4.90 Å². The SMILES string of the molecule is CCN1C(=O)C(Nc2ccc(Cl)cc2C)=C(c2ccc(OC)c(OC)c2)C1=O. The fourth-order valence-electron chi connectivity index (χ4n) is 3.14. The van der Waals surface area contributed by atoms with Crippen LogP contribution in [0.5, 0.6) is 11.5 Å². The van der Waals surface area contributed by atoms with Gasteiger partial charge in [0.1, 0.15) is 5.70 Å². The van der Waals surface area contributed by atoms with Gasteiger partial charge in [-0.3, -0.25) is 14.5 Å². The van der Waals surface area contributed by atoms with E-state index in [0.29, 0.717) is 33.3 Å².